The van der Waals surface area contributed by atoms with Crippen LogP contribution in [0.15, 0.2) is 60.7 Å². The molecule has 0 bridgehead atoms. The highest BCUT2D eigenvalue weighted by molar-refractivity contribution is 5.77. The van der Waals surface area contributed by atoms with Gasteiger partial charge in [-0.05, 0) is 122 Å². The molecule has 47 heavy (non-hydrogen) atoms. The number of fused-ring (bicyclic) bond motifs is 2. The average molecular weight is 639 g/mol. The molecule has 8 nitrogen and oxygen atoms in total. The molecule has 0 amide bonds. The Bertz CT molecular complexity index is 1750. The van der Waals surface area contributed by atoms with Crippen LogP contribution in [0.5, 0.6) is 34.5 Å². The summed E-state index contributed by atoms with van der Waals surface area (Å²) in [5, 5.41) is 10.4. The van der Waals surface area contributed by atoms with E-state index in [0.717, 1.165) is 72.9 Å². The van der Waals surface area contributed by atoms with E-state index < -0.39 is 0 Å². The smallest absolute Gasteiger partial charge is 0.161 e. The summed E-state index contributed by atoms with van der Waals surface area (Å²) >= 11 is 0. The van der Waals surface area contributed by atoms with Crippen molar-refractivity contribution in [1.82, 2.24) is 9.80 Å². The fourth-order valence-corrected chi connectivity index (χ4v) is 7.32. The molecule has 0 saturated heterocycles. The second kappa shape index (κ2) is 13.8. The molecule has 6 rings (SSSR count). The van der Waals surface area contributed by atoms with Gasteiger partial charge in [0, 0.05) is 36.3 Å². The molecule has 0 radical (unpaired) electrons. The predicted molar refractivity (Wildman–Crippen MR) is 185 cm³/mol. The van der Waals surface area contributed by atoms with Crippen molar-refractivity contribution >= 4 is 0 Å². The van der Waals surface area contributed by atoms with E-state index in [2.05, 4.69) is 72.4 Å². The summed E-state index contributed by atoms with van der Waals surface area (Å²) < 4.78 is 28.6. The summed E-state index contributed by atoms with van der Waals surface area (Å²) in [4.78, 5) is 4.81. The molecule has 4 aromatic rings. The molecule has 4 aromatic carbocycles. The van der Waals surface area contributed by atoms with E-state index in [9.17, 15) is 5.11 Å². The largest absolute Gasteiger partial charge is 0.504 e. The van der Waals surface area contributed by atoms with E-state index in [1.165, 1.54) is 33.4 Å². The third-order valence-corrected chi connectivity index (χ3v) is 10.0. The highest BCUT2D eigenvalue weighted by Crippen LogP contribution is 2.43. The maximum Gasteiger partial charge on any atom is 0.161 e. The van der Waals surface area contributed by atoms with Gasteiger partial charge in [0.2, 0.25) is 0 Å². The second-order valence-electron chi connectivity index (χ2n) is 12.6. The third kappa shape index (κ3) is 6.32. The molecule has 2 aliphatic heterocycles. The zero-order valence-corrected chi connectivity index (χ0v) is 28.6. The number of aromatic hydroxyl groups is 1. The maximum absolute atomic E-state index is 10.4. The molecule has 0 aliphatic carbocycles. The number of phenols is 1. The summed E-state index contributed by atoms with van der Waals surface area (Å²) in [5.74, 6) is 3.82. The lowest BCUT2D eigenvalue weighted by Crippen LogP contribution is -2.33. The minimum atomic E-state index is 0.139. The van der Waals surface area contributed by atoms with Crippen molar-refractivity contribution in [3.05, 3.63) is 94.0 Å². The lowest BCUT2D eigenvalue weighted by atomic mass is 9.87. The number of hydrogen-bond acceptors (Lipinski definition) is 8. The van der Waals surface area contributed by atoms with E-state index in [0.29, 0.717) is 5.75 Å². The molecule has 0 unspecified atom stereocenters. The minimum Gasteiger partial charge on any atom is -0.504 e. The number of phenolic OH excluding ortho intramolecular Hbond substituents is 1. The standard InChI is InChI=1S/C39H46N2O6/c1-40-14-12-26-20-34(42)37(45-5)22-28(26)32(40)18-24-8-10-35(43-3)30(16-24)31-17-25(9-11-36(31)44-4)19-33-29-23-39(47-7)38(46-6)21-27(29)13-15-41(33)2/h8-11,16-17,20-23,32-33,42H,12-15,18-19H2,1-7H3/t32-,33-/m1/s1. The van der Waals surface area contributed by atoms with Gasteiger partial charge in [-0.2, -0.15) is 0 Å². The van der Waals surface area contributed by atoms with E-state index in [-0.39, 0.29) is 17.8 Å². The van der Waals surface area contributed by atoms with Gasteiger partial charge in [-0.15, -0.1) is 0 Å². The molecule has 8 heteroatoms. The van der Waals surface area contributed by atoms with E-state index in [4.69, 9.17) is 23.7 Å². The molecule has 0 saturated carbocycles. The van der Waals surface area contributed by atoms with Crippen molar-refractivity contribution in [2.75, 3.05) is 62.7 Å². The van der Waals surface area contributed by atoms with Crippen LogP contribution >= 0.6 is 0 Å². The lowest BCUT2D eigenvalue weighted by molar-refractivity contribution is 0.228. The number of likely N-dealkylation sites (N-methyl/N-ethyl adjacent to an activating group) is 2. The molecule has 2 atom stereocenters. The van der Waals surface area contributed by atoms with Gasteiger partial charge in [-0.25, -0.2) is 0 Å². The SMILES string of the molecule is COc1cc2c(cc1O)CCN(C)[C@@H]2Cc1ccc(OC)c(-c2cc(C[C@@H]3c4cc(OC)c(OC)cc4CCN3C)ccc2OC)c1. The fraction of sp³-hybridized carbons (Fsp3) is 0.385. The number of hydrogen-bond donors (Lipinski definition) is 1. The molecular formula is C39H46N2O6. The second-order valence-corrected chi connectivity index (χ2v) is 12.6. The Kier molecular flexibility index (Phi) is 9.52. The first-order valence-electron chi connectivity index (χ1n) is 16.2. The molecule has 1 N–H and O–H groups in total. The van der Waals surface area contributed by atoms with Crippen molar-refractivity contribution in [1.29, 1.82) is 0 Å². The highest BCUT2D eigenvalue weighted by atomic mass is 16.5. The van der Waals surface area contributed by atoms with Crippen LogP contribution in [0.4, 0.5) is 0 Å². The molecule has 0 fully saturated rings. The maximum atomic E-state index is 10.4. The van der Waals surface area contributed by atoms with E-state index >= 15 is 0 Å². The molecule has 248 valence electrons. The summed E-state index contributed by atoms with van der Waals surface area (Å²) in [6, 6.07) is 21.4. The zero-order chi connectivity index (χ0) is 33.2. The van der Waals surface area contributed by atoms with Gasteiger partial charge in [0.25, 0.3) is 0 Å². The van der Waals surface area contributed by atoms with Crippen molar-refractivity contribution in [3.63, 3.8) is 0 Å². The van der Waals surface area contributed by atoms with Gasteiger partial charge in [0.1, 0.15) is 11.5 Å². The van der Waals surface area contributed by atoms with Crippen LogP contribution in [0.25, 0.3) is 11.1 Å². The van der Waals surface area contributed by atoms with Crippen LogP contribution in [0, 0.1) is 0 Å². The van der Waals surface area contributed by atoms with Gasteiger partial charge < -0.3 is 28.8 Å². The van der Waals surface area contributed by atoms with Gasteiger partial charge in [-0.3, -0.25) is 9.80 Å². The number of rotatable bonds is 10. The van der Waals surface area contributed by atoms with Crippen LogP contribution < -0.4 is 23.7 Å². The van der Waals surface area contributed by atoms with Crippen molar-refractivity contribution in [3.8, 4) is 45.6 Å². The normalized spacial score (nSPS) is 17.9. The fourth-order valence-electron chi connectivity index (χ4n) is 7.32. The number of ether oxygens (including phenoxy) is 5. The van der Waals surface area contributed by atoms with Gasteiger partial charge >= 0.3 is 0 Å². The minimum absolute atomic E-state index is 0.139. The quantitative estimate of drug-likeness (QED) is 0.207. The summed E-state index contributed by atoms with van der Waals surface area (Å²) in [7, 11) is 12.8. The number of benzene rings is 4. The Morgan fingerprint density at radius 3 is 1.45 bits per heavy atom. The highest BCUT2D eigenvalue weighted by Gasteiger charge is 2.29. The van der Waals surface area contributed by atoms with Crippen LogP contribution in [0.2, 0.25) is 0 Å². The topological polar surface area (TPSA) is 72.9 Å². The summed E-state index contributed by atoms with van der Waals surface area (Å²) in [6.45, 7) is 1.88. The van der Waals surface area contributed by atoms with Gasteiger partial charge in [0.05, 0.1) is 35.5 Å². The zero-order valence-electron chi connectivity index (χ0n) is 28.6. The Labute approximate surface area is 278 Å². The Hall–Kier alpha value is -4.40. The molecule has 2 heterocycles. The molecule has 0 spiro atoms. The van der Waals surface area contributed by atoms with Crippen LogP contribution in [0.3, 0.4) is 0 Å². The monoisotopic (exact) mass is 638 g/mol. The molecule has 0 aromatic heterocycles. The first-order valence-corrected chi connectivity index (χ1v) is 16.2. The van der Waals surface area contributed by atoms with E-state index in [1.807, 2.05) is 12.1 Å². The Morgan fingerprint density at radius 2 is 0.979 bits per heavy atom. The van der Waals surface area contributed by atoms with Crippen molar-refractivity contribution in [2.24, 2.45) is 0 Å². The Balaban J connectivity index is 1.36. The van der Waals surface area contributed by atoms with Gasteiger partial charge in [-0.1, -0.05) is 12.1 Å². The van der Waals surface area contributed by atoms with Crippen LogP contribution in [-0.4, -0.2) is 77.6 Å². The van der Waals surface area contributed by atoms with Gasteiger partial charge in [0.15, 0.2) is 23.0 Å². The van der Waals surface area contributed by atoms with Crippen molar-refractivity contribution < 1.29 is 28.8 Å². The molecule has 2 aliphatic rings. The van der Waals surface area contributed by atoms with Crippen LogP contribution in [0.1, 0.15) is 45.5 Å². The number of nitrogens with zero attached hydrogens (tertiary/aromatic N) is 2. The summed E-state index contributed by atoms with van der Waals surface area (Å²) in [5.41, 5.74) is 9.32. The van der Waals surface area contributed by atoms with E-state index in [1.54, 1.807) is 35.5 Å². The number of methoxy groups -OCH3 is 5. The first-order chi connectivity index (χ1) is 22.8. The molecular weight excluding hydrogens is 592 g/mol. The predicted octanol–water partition coefficient (Wildman–Crippen LogP) is 6.65. The third-order valence-electron chi connectivity index (χ3n) is 10.0. The average Bonchev–Trinajstić information content (AvgIpc) is 3.09. The lowest BCUT2D eigenvalue weighted by Gasteiger charge is -2.35. The first kappa shape index (κ1) is 32.5. The van der Waals surface area contributed by atoms with Crippen molar-refractivity contribution in [2.45, 2.75) is 37.8 Å². The Morgan fingerprint density at radius 1 is 0.553 bits per heavy atom. The summed E-state index contributed by atoms with van der Waals surface area (Å²) in [6.07, 6.45) is 3.48. The van der Waals surface area contributed by atoms with Crippen LogP contribution in [-0.2, 0) is 25.7 Å².